The molecule has 2 aliphatic carbocycles. The summed E-state index contributed by atoms with van der Waals surface area (Å²) < 4.78 is 7.25. The number of alkyl halides is 3. The molecule has 15 heteroatoms. The quantitative estimate of drug-likeness (QED) is 0.0637. The molecule has 0 aromatic heterocycles. The van der Waals surface area contributed by atoms with Gasteiger partial charge >= 0.3 is 50.5 Å². The molecule has 0 bridgehead atoms. The Morgan fingerprint density at radius 2 is 0.986 bits per heavy atom. The number of aliphatic hydroxyl groups is 1. The molecule has 6 rings (SSSR count). The summed E-state index contributed by atoms with van der Waals surface area (Å²) in [6.07, 6.45) is 21.8. The van der Waals surface area contributed by atoms with Crippen LogP contribution in [0.25, 0.3) is 18.2 Å². The van der Waals surface area contributed by atoms with E-state index in [1.165, 1.54) is 48.0 Å². The molecule has 0 spiro atoms. The number of benzene rings is 4. The first kappa shape index (κ1) is 90.1. The van der Waals surface area contributed by atoms with Crippen LogP contribution in [-0.4, -0.2) is 41.2 Å². The molecule has 4 aromatic carbocycles. The molecule has 0 aliphatic heterocycles. The predicted octanol–water partition coefficient (Wildman–Crippen LogP) is 16.1. The van der Waals surface area contributed by atoms with Gasteiger partial charge in [-0.05, 0) is 92.4 Å². The summed E-state index contributed by atoms with van der Waals surface area (Å²) in [6.45, 7) is 34.6. The number of hydrogen-bond acceptors (Lipinski definition) is 5. The third kappa shape index (κ3) is 39.7. The number of rotatable bonds is 10. The number of halogens is 6. The monoisotopic (exact) mass is 1940 g/mol. The zero-order valence-electron chi connectivity index (χ0n) is 43.9. The summed E-state index contributed by atoms with van der Waals surface area (Å²) in [7, 11) is 0. The Bertz CT molecular complexity index is 2120. The standard InChI is InChI=1S/C18H21O2.C10H16O.C10H11.C9H10O.C9H9O.CH2I2.CH3I.CH4.I3.V.3Y/c1-4-7-15-9-6-8-13(3)18(15)20-17-12-14(5-2)10-11-16(17)19;1-3-5-9-7-4-6-8(2)10(9)11;1-4-10-6-5-8(2)9(3)7-10;1-7-3-4-9(6-10)5-8(7)2;1-3-8-5-4-7(2)9(10)6-8;2-1-3;1-2;;1-3-2;;;;/h2,5-6,8-13,18-19H,4,7H2,1,3H3;4,6-8,10-11H,3,5H2,1-2H3;1,4-7H,2-3H3;3-6H,1-2H3;1,3-6,10H,2H3;1H2;1H3;1H4;;;;;/q-1;;-1;;-1;;;;-1;;;;. The van der Waals surface area contributed by atoms with Crippen molar-refractivity contribution in [2.45, 2.75) is 108 Å². The van der Waals surface area contributed by atoms with Gasteiger partial charge in [0.1, 0.15) is 23.9 Å². The number of allylic oxidation sites excluding steroid dienone is 4. The Hall–Kier alpha value is 2.37. The maximum atomic E-state index is 10.3. The van der Waals surface area contributed by atoms with Gasteiger partial charge in [-0.25, -0.2) is 18.2 Å². The predicted molar refractivity (Wildman–Crippen MR) is 345 cm³/mol. The number of ether oxygens (including phenoxy) is 1. The second-order valence-corrected chi connectivity index (χ2v) is 36.4. The molecule has 0 fully saturated rings. The van der Waals surface area contributed by atoms with Crippen molar-refractivity contribution in [3.8, 4) is 17.2 Å². The number of aryl methyl sites for hydroxylation is 5. The summed E-state index contributed by atoms with van der Waals surface area (Å²) in [6, 6.07) is 22.3. The van der Waals surface area contributed by atoms with Crippen LogP contribution < -0.4 is 18.0 Å². The molecule has 4 aromatic rings. The van der Waals surface area contributed by atoms with Crippen LogP contribution in [0.1, 0.15) is 116 Å². The Labute approximate surface area is 607 Å². The molecule has 0 amide bonds. The number of hydrogen-bond donors (Lipinski definition) is 3. The van der Waals surface area contributed by atoms with Gasteiger partial charge in [0.25, 0.3) is 0 Å². The molecule has 4 atom stereocenters. The Morgan fingerprint density at radius 1 is 0.608 bits per heavy atom. The zero-order valence-corrected chi connectivity index (χ0v) is 66.7. The number of carbonyl (C=O) groups is 1. The first-order valence-electron chi connectivity index (χ1n) is 22.3. The molecular weight excluding hydrogens is 1870 g/mol. The van der Waals surface area contributed by atoms with Crippen molar-refractivity contribution in [1.29, 1.82) is 0 Å². The van der Waals surface area contributed by atoms with E-state index < -0.39 is 0 Å². The van der Waals surface area contributed by atoms with Crippen LogP contribution in [0.5, 0.6) is 17.2 Å². The Morgan fingerprint density at radius 3 is 1.42 bits per heavy atom. The van der Waals surface area contributed by atoms with Crippen LogP contribution in [0.3, 0.4) is 0 Å². The van der Waals surface area contributed by atoms with Gasteiger partial charge in [-0.15, -0.1) is 24.3 Å². The molecule has 0 heterocycles. The molecule has 3 N–H and O–H groups in total. The average molecular weight is 1940 g/mol. The van der Waals surface area contributed by atoms with E-state index in [0.717, 1.165) is 59.8 Å². The first-order valence-corrected chi connectivity index (χ1v) is 40.1. The minimum Gasteiger partial charge on any atom is -0.509 e. The van der Waals surface area contributed by atoms with Crippen LogP contribution in [0, 0.1) is 66.2 Å². The third-order valence-corrected chi connectivity index (χ3v) is 10.5. The van der Waals surface area contributed by atoms with Gasteiger partial charge in [0.2, 0.25) is 0 Å². The van der Waals surface area contributed by atoms with Gasteiger partial charge < -0.3 is 20.1 Å². The van der Waals surface area contributed by atoms with Gasteiger partial charge in [-0.1, -0.05) is 200 Å². The summed E-state index contributed by atoms with van der Waals surface area (Å²) >= 11 is 12.0. The van der Waals surface area contributed by atoms with Gasteiger partial charge in [0, 0.05) is 134 Å². The Kier molecular flexibility index (Phi) is 69.7. The molecular formula is C59H76I6O5VY3-4. The van der Waals surface area contributed by atoms with E-state index in [9.17, 15) is 15.0 Å². The molecule has 74 heavy (non-hydrogen) atoms. The summed E-state index contributed by atoms with van der Waals surface area (Å²) in [5.41, 5.74) is 11.8. The minimum atomic E-state index is -0.236. The van der Waals surface area contributed by atoms with Gasteiger partial charge in [-0.3, -0.25) is 24.5 Å². The molecule has 2 aliphatic rings. The van der Waals surface area contributed by atoms with E-state index in [-0.39, 0.29) is 148 Å². The van der Waals surface area contributed by atoms with Crippen molar-refractivity contribution in [2.24, 2.45) is 11.8 Å². The SMILES string of the molecule is C.CCCC1=CC=CC(C)C1O.CI.Cc1ccc(C=O)cc1C.ICI.I[I-]I.[CH-]=Cc1ccc(C)c(C)c1.[CH-]=Cc1ccc(C)c(O)c1.[CH-]=Cc1ccc(O)c(OC2C(CCC)=CC=CC2C)c1.[V].[Y].[Y].[Y]. The van der Waals surface area contributed by atoms with Crippen molar-refractivity contribution in [2.75, 3.05) is 7.36 Å². The normalized spacial score (nSPS) is 14.7. The van der Waals surface area contributed by atoms with Crippen molar-refractivity contribution < 1.29 is 155 Å². The van der Waals surface area contributed by atoms with E-state index in [4.69, 9.17) is 29.6 Å². The van der Waals surface area contributed by atoms with Crippen molar-refractivity contribution in [1.82, 2.24) is 0 Å². The van der Waals surface area contributed by atoms with Crippen LogP contribution in [-0.2, 0) is 117 Å². The third-order valence-electron chi connectivity index (χ3n) is 10.5. The topological polar surface area (TPSA) is 87.0 Å². The van der Waals surface area contributed by atoms with E-state index in [1.807, 2.05) is 87.3 Å². The van der Waals surface area contributed by atoms with Gasteiger partial charge in [-0.2, -0.15) is 16.7 Å². The summed E-state index contributed by atoms with van der Waals surface area (Å²) in [5, 5.41) is 28.8. The molecule has 402 valence electrons. The summed E-state index contributed by atoms with van der Waals surface area (Å²) in [4.78, 5) is 12.2. The molecule has 4 radical (unpaired) electrons. The number of aromatic hydroxyl groups is 2. The number of aldehydes is 1. The van der Waals surface area contributed by atoms with E-state index in [2.05, 4.69) is 170 Å². The second-order valence-electron chi connectivity index (χ2n) is 15.7. The Balaban J connectivity index is -0.000000148. The maximum absolute atomic E-state index is 10.3. The van der Waals surface area contributed by atoms with E-state index in [1.54, 1.807) is 30.3 Å². The van der Waals surface area contributed by atoms with Crippen molar-refractivity contribution in [3.05, 3.63) is 190 Å². The molecule has 0 saturated carbocycles. The van der Waals surface area contributed by atoms with Crippen molar-refractivity contribution in [3.63, 3.8) is 0 Å². The number of phenols is 2. The fourth-order valence-electron chi connectivity index (χ4n) is 6.30. The smallest absolute Gasteiger partial charge is 0.154 e. The number of aliphatic hydroxyl groups excluding tert-OH is 1. The van der Waals surface area contributed by atoms with Gasteiger partial charge in [0.05, 0.1) is 8.54 Å². The van der Waals surface area contributed by atoms with Crippen LogP contribution in [0.15, 0.2) is 120 Å². The fraction of sp³-hybridized carbons (Fsp3) is 0.339. The first-order chi connectivity index (χ1) is 32.9. The molecule has 5 nitrogen and oxygen atoms in total. The summed E-state index contributed by atoms with van der Waals surface area (Å²) in [5.74, 6) is 1.50. The van der Waals surface area contributed by atoms with Crippen LogP contribution in [0.4, 0.5) is 0 Å². The van der Waals surface area contributed by atoms with E-state index in [0.29, 0.717) is 30.7 Å². The van der Waals surface area contributed by atoms with E-state index >= 15 is 0 Å². The van der Waals surface area contributed by atoms with Gasteiger partial charge in [0.15, 0.2) is 5.75 Å². The minimum absolute atomic E-state index is 0. The molecule has 4 unspecified atom stereocenters. The average Bonchev–Trinajstić information content (AvgIpc) is 3.34. The zero-order chi connectivity index (χ0) is 52.9. The fourth-order valence-corrected chi connectivity index (χ4v) is 6.30. The number of carbonyl (C=O) groups excluding carboxylic acids is 1. The van der Waals surface area contributed by atoms with Crippen molar-refractivity contribution >= 4 is 130 Å². The number of phenolic OH excluding ortho intramolecular Hbond substituents is 2. The van der Waals surface area contributed by atoms with Crippen LogP contribution >= 0.6 is 105 Å². The molecule has 0 saturated heterocycles. The second kappa shape index (κ2) is 57.2. The largest absolute Gasteiger partial charge is 0.509 e. The maximum Gasteiger partial charge on any atom is 0.154 e. The van der Waals surface area contributed by atoms with Crippen LogP contribution in [0.2, 0.25) is 0 Å².